The molecule has 2 rings (SSSR count). The first-order chi connectivity index (χ1) is 9.22. The molecule has 2 nitrogen and oxygen atoms in total. The monoisotopic (exact) mass is 352 g/mol. The van der Waals surface area contributed by atoms with E-state index in [1.54, 1.807) is 0 Å². The van der Waals surface area contributed by atoms with Crippen LogP contribution in [0.25, 0.3) is 0 Å². The van der Waals surface area contributed by atoms with Crippen LogP contribution in [-0.4, -0.2) is 31.1 Å². The molecule has 0 amide bonds. The van der Waals surface area contributed by atoms with Crippen LogP contribution >= 0.6 is 36.4 Å². The molecule has 0 unspecified atom stereocenters. The van der Waals surface area contributed by atoms with Crippen LogP contribution < -0.4 is 5.32 Å². The highest BCUT2D eigenvalue weighted by Crippen LogP contribution is 2.29. The summed E-state index contributed by atoms with van der Waals surface area (Å²) < 4.78 is 0. The van der Waals surface area contributed by atoms with Gasteiger partial charge in [-0.25, -0.2) is 0 Å². The van der Waals surface area contributed by atoms with Crippen LogP contribution in [0.5, 0.6) is 0 Å². The Labute approximate surface area is 146 Å². The maximum absolute atomic E-state index is 6.30. The van der Waals surface area contributed by atoms with Crippen molar-refractivity contribution in [3.05, 3.63) is 34.3 Å². The number of aryl methyl sites for hydroxylation is 1. The number of halogens is 3. The van der Waals surface area contributed by atoms with Crippen molar-refractivity contribution in [2.75, 3.05) is 26.2 Å². The lowest BCUT2D eigenvalue weighted by atomic mass is 9.98. The molecule has 5 heteroatoms. The van der Waals surface area contributed by atoms with E-state index < -0.39 is 0 Å². The van der Waals surface area contributed by atoms with E-state index in [1.165, 1.54) is 30.4 Å². The number of hydrogen-bond donors (Lipinski definition) is 1. The predicted molar refractivity (Wildman–Crippen MR) is 97.4 cm³/mol. The van der Waals surface area contributed by atoms with Gasteiger partial charge in [-0.05, 0) is 30.5 Å². The summed E-state index contributed by atoms with van der Waals surface area (Å²) in [6, 6.07) is 7.10. The van der Waals surface area contributed by atoms with E-state index in [4.69, 9.17) is 11.6 Å². The molecule has 0 spiro atoms. The van der Waals surface area contributed by atoms with Gasteiger partial charge >= 0.3 is 0 Å². The van der Waals surface area contributed by atoms with Crippen LogP contribution in [-0.2, 0) is 0 Å². The summed E-state index contributed by atoms with van der Waals surface area (Å²) in [6.07, 6.45) is 3.76. The highest BCUT2D eigenvalue weighted by atomic mass is 35.5. The Kier molecular flexibility index (Phi) is 10.7. The van der Waals surface area contributed by atoms with Crippen molar-refractivity contribution in [3.8, 4) is 0 Å². The Morgan fingerprint density at radius 2 is 1.90 bits per heavy atom. The minimum absolute atomic E-state index is 0. The summed E-state index contributed by atoms with van der Waals surface area (Å²) in [7, 11) is 0. The first-order valence-corrected chi connectivity index (χ1v) is 7.81. The van der Waals surface area contributed by atoms with Crippen molar-refractivity contribution in [1.82, 2.24) is 10.2 Å². The molecule has 1 aromatic carbocycles. The lowest BCUT2D eigenvalue weighted by Gasteiger charge is -2.35. The average molecular weight is 354 g/mol. The van der Waals surface area contributed by atoms with Crippen LogP contribution in [0.15, 0.2) is 18.2 Å². The number of benzene rings is 1. The average Bonchev–Trinajstić information content (AvgIpc) is 2.44. The van der Waals surface area contributed by atoms with Crippen LogP contribution in [0.2, 0.25) is 5.02 Å². The molecule has 21 heavy (non-hydrogen) atoms. The molecule has 1 fully saturated rings. The molecule has 1 aromatic rings. The second-order valence-corrected chi connectivity index (χ2v) is 5.86. The zero-order valence-electron chi connectivity index (χ0n) is 12.9. The maximum atomic E-state index is 6.30. The highest BCUT2D eigenvalue weighted by molar-refractivity contribution is 6.31. The second kappa shape index (κ2) is 10.7. The Bertz CT molecular complexity index is 407. The van der Waals surface area contributed by atoms with Gasteiger partial charge in [-0.2, -0.15) is 0 Å². The molecule has 0 radical (unpaired) electrons. The Morgan fingerprint density at radius 3 is 2.48 bits per heavy atom. The first-order valence-electron chi connectivity index (χ1n) is 7.43. The Morgan fingerprint density at radius 1 is 1.24 bits per heavy atom. The number of piperazine rings is 1. The number of unbranched alkanes of at least 4 members (excludes halogenated alkanes) is 1. The predicted octanol–water partition coefficient (Wildman–Crippen LogP) is 4.63. The maximum Gasteiger partial charge on any atom is 0.0438 e. The third-order valence-electron chi connectivity index (χ3n) is 4.00. The molecular formula is C16H27Cl3N2. The summed E-state index contributed by atoms with van der Waals surface area (Å²) in [5, 5.41) is 4.33. The van der Waals surface area contributed by atoms with Crippen molar-refractivity contribution < 1.29 is 0 Å². The molecular weight excluding hydrogens is 327 g/mol. The highest BCUT2D eigenvalue weighted by Gasteiger charge is 2.21. The minimum Gasteiger partial charge on any atom is -0.314 e. The SMILES string of the molecule is CCCC[C@@H](c1ccc(C)c(Cl)c1)N1CCNCC1.Cl.Cl. The van der Waals surface area contributed by atoms with Gasteiger partial charge in [0.25, 0.3) is 0 Å². The van der Waals surface area contributed by atoms with Gasteiger partial charge in [0.1, 0.15) is 0 Å². The summed E-state index contributed by atoms with van der Waals surface area (Å²) in [5.41, 5.74) is 2.55. The summed E-state index contributed by atoms with van der Waals surface area (Å²) in [5.74, 6) is 0. The largest absolute Gasteiger partial charge is 0.314 e. The van der Waals surface area contributed by atoms with Crippen LogP contribution in [0.3, 0.4) is 0 Å². The molecule has 1 heterocycles. The van der Waals surface area contributed by atoms with E-state index in [0.717, 1.165) is 31.2 Å². The minimum atomic E-state index is 0. The quantitative estimate of drug-likeness (QED) is 0.830. The fraction of sp³-hybridized carbons (Fsp3) is 0.625. The van der Waals surface area contributed by atoms with Gasteiger partial charge in [0.15, 0.2) is 0 Å². The summed E-state index contributed by atoms with van der Waals surface area (Å²) >= 11 is 6.30. The molecule has 1 aliphatic heterocycles. The summed E-state index contributed by atoms with van der Waals surface area (Å²) in [4.78, 5) is 2.60. The normalized spacial score (nSPS) is 16.7. The van der Waals surface area contributed by atoms with E-state index in [2.05, 4.69) is 42.3 Å². The molecule has 0 aromatic heterocycles. The lowest BCUT2D eigenvalue weighted by Crippen LogP contribution is -2.45. The first kappa shape index (κ1) is 21.0. The molecule has 0 aliphatic carbocycles. The van der Waals surface area contributed by atoms with Gasteiger partial charge < -0.3 is 5.32 Å². The molecule has 122 valence electrons. The lowest BCUT2D eigenvalue weighted by molar-refractivity contribution is 0.163. The molecule has 0 bridgehead atoms. The topological polar surface area (TPSA) is 15.3 Å². The van der Waals surface area contributed by atoms with Crippen molar-refractivity contribution >= 4 is 36.4 Å². The molecule has 1 aliphatic rings. The van der Waals surface area contributed by atoms with Gasteiger partial charge in [0.05, 0.1) is 0 Å². The van der Waals surface area contributed by atoms with Crippen LogP contribution in [0.4, 0.5) is 0 Å². The van der Waals surface area contributed by atoms with Gasteiger partial charge in [-0.15, -0.1) is 24.8 Å². The standard InChI is InChI=1S/C16H25ClN2.2ClH/c1-3-4-5-16(19-10-8-18-9-11-19)14-7-6-13(2)15(17)12-14;;/h6-7,12,16,18H,3-5,8-11H2,1-2H3;2*1H/t16-;;/m0../s1. The number of nitrogens with one attached hydrogen (secondary N) is 1. The smallest absolute Gasteiger partial charge is 0.0438 e. The van der Waals surface area contributed by atoms with E-state index in [9.17, 15) is 0 Å². The van der Waals surface area contributed by atoms with Crippen molar-refractivity contribution in [3.63, 3.8) is 0 Å². The van der Waals surface area contributed by atoms with E-state index in [0.29, 0.717) is 6.04 Å². The van der Waals surface area contributed by atoms with Crippen molar-refractivity contribution in [2.45, 2.75) is 39.2 Å². The summed E-state index contributed by atoms with van der Waals surface area (Å²) in [6.45, 7) is 8.80. The fourth-order valence-electron chi connectivity index (χ4n) is 2.77. The van der Waals surface area contributed by atoms with Crippen LogP contribution in [0, 0.1) is 6.92 Å². The third kappa shape index (κ3) is 5.96. The van der Waals surface area contributed by atoms with Crippen molar-refractivity contribution in [1.29, 1.82) is 0 Å². The van der Waals surface area contributed by atoms with Gasteiger partial charge in [-0.3, -0.25) is 4.90 Å². The Hall–Kier alpha value is 0.01000. The van der Waals surface area contributed by atoms with Gasteiger partial charge in [-0.1, -0.05) is 43.5 Å². The fourth-order valence-corrected chi connectivity index (χ4v) is 2.96. The van der Waals surface area contributed by atoms with Gasteiger partial charge in [0, 0.05) is 37.2 Å². The molecule has 1 N–H and O–H groups in total. The number of rotatable bonds is 5. The molecule has 1 atom stereocenters. The van der Waals surface area contributed by atoms with Crippen LogP contribution in [0.1, 0.15) is 43.4 Å². The molecule has 0 saturated carbocycles. The van der Waals surface area contributed by atoms with Gasteiger partial charge in [0.2, 0.25) is 0 Å². The number of nitrogens with zero attached hydrogens (tertiary/aromatic N) is 1. The van der Waals surface area contributed by atoms with Crippen molar-refractivity contribution in [2.24, 2.45) is 0 Å². The zero-order chi connectivity index (χ0) is 13.7. The molecule has 1 saturated heterocycles. The number of hydrogen-bond acceptors (Lipinski definition) is 2. The van der Waals surface area contributed by atoms with E-state index >= 15 is 0 Å². The van der Waals surface area contributed by atoms with E-state index in [-0.39, 0.29) is 24.8 Å². The third-order valence-corrected chi connectivity index (χ3v) is 4.41. The second-order valence-electron chi connectivity index (χ2n) is 5.45. The van der Waals surface area contributed by atoms with E-state index in [1.807, 2.05) is 0 Å². The Balaban J connectivity index is 0.00000200. The zero-order valence-corrected chi connectivity index (χ0v) is 15.3.